The van der Waals surface area contributed by atoms with E-state index in [9.17, 15) is 4.79 Å². The maximum absolute atomic E-state index is 10.9. The van der Waals surface area contributed by atoms with Crippen molar-refractivity contribution in [3.8, 4) is 0 Å². The molecule has 0 fully saturated rings. The molecule has 2 unspecified atom stereocenters. The van der Waals surface area contributed by atoms with Crippen LogP contribution in [0.3, 0.4) is 0 Å². The van der Waals surface area contributed by atoms with Crippen molar-refractivity contribution in [1.82, 2.24) is 0 Å². The molecule has 0 aromatic heterocycles. The lowest BCUT2D eigenvalue weighted by atomic mass is 10.1. The van der Waals surface area contributed by atoms with Gasteiger partial charge in [0.05, 0.1) is 6.61 Å². The molecule has 2 nitrogen and oxygen atoms in total. The Labute approximate surface area is 79.2 Å². The third-order valence-corrected chi connectivity index (χ3v) is 1.79. The fourth-order valence-electron chi connectivity index (χ4n) is 0.915. The normalized spacial score (nSPS) is 15.3. The lowest BCUT2D eigenvalue weighted by Crippen LogP contribution is -2.18. The second-order valence-corrected chi connectivity index (χ2v) is 3.79. The van der Waals surface area contributed by atoms with Gasteiger partial charge < -0.3 is 4.74 Å². The van der Waals surface area contributed by atoms with Gasteiger partial charge in [-0.05, 0) is 19.3 Å². The van der Waals surface area contributed by atoms with Crippen LogP contribution >= 0.6 is 11.6 Å². The Hall–Kier alpha value is -0.240. The number of alkyl halides is 1. The van der Waals surface area contributed by atoms with Gasteiger partial charge >= 0.3 is 5.97 Å². The van der Waals surface area contributed by atoms with E-state index in [1.807, 2.05) is 0 Å². The number of rotatable bonds is 5. The topological polar surface area (TPSA) is 26.3 Å². The van der Waals surface area contributed by atoms with E-state index >= 15 is 0 Å². The van der Waals surface area contributed by atoms with E-state index in [4.69, 9.17) is 16.3 Å². The summed E-state index contributed by atoms with van der Waals surface area (Å²) in [5, 5.41) is -0.529. The lowest BCUT2D eigenvalue weighted by Gasteiger charge is -2.11. The van der Waals surface area contributed by atoms with Crippen LogP contribution in [0.4, 0.5) is 0 Å². The average Bonchev–Trinajstić information content (AvgIpc) is 2.00. The van der Waals surface area contributed by atoms with Crippen molar-refractivity contribution in [2.75, 3.05) is 6.61 Å². The molecule has 0 aromatic carbocycles. The van der Waals surface area contributed by atoms with Crippen LogP contribution in [0.5, 0.6) is 0 Å². The van der Waals surface area contributed by atoms with E-state index in [1.165, 1.54) is 0 Å². The highest BCUT2D eigenvalue weighted by molar-refractivity contribution is 6.29. The first-order valence-corrected chi connectivity index (χ1v) is 4.82. The fraction of sp³-hybridized carbons (Fsp3) is 0.889. The summed E-state index contributed by atoms with van der Waals surface area (Å²) in [6.45, 7) is 6.29. The quantitative estimate of drug-likeness (QED) is 0.495. The van der Waals surface area contributed by atoms with E-state index < -0.39 is 5.38 Å². The van der Waals surface area contributed by atoms with Gasteiger partial charge in [-0.15, -0.1) is 11.6 Å². The van der Waals surface area contributed by atoms with Gasteiger partial charge in [-0.3, -0.25) is 4.79 Å². The smallest absolute Gasteiger partial charge is 0.323 e. The summed E-state index contributed by atoms with van der Waals surface area (Å²) < 4.78 is 4.95. The Morgan fingerprint density at radius 2 is 2.08 bits per heavy atom. The predicted octanol–water partition coefficient (Wildman–Crippen LogP) is 2.59. The zero-order chi connectivity index (χ0) is 9.56. The molecule has 0 radical (unpaired) electrons. The zero-order valence-electron chi connectivity index (χ0n) is 7.97. The molecule has 3 heteroatoms. The first-order chi connectivity index (χ1) is 5.57. The summed E-state index contributed by atoms with van der Waals surface area (Å²) in [7, 11) is 0. The van der Waals surface area contributed by atoms with Gasteiger partial charge in [0.2, 0.25) is 0 Å². The second kappa shape index (κ2) is 6.30. The average molecular weight is 193 g/mol. The highest BCUT2D eigenvalue weighted by atomic mass is 35.5. The fourth-order valence-corrected chi connectivity index (χ4v) is 0.978. The Morgan fingerprint density at radius 1 is 1.50 bits per heavy atom. The van der Waals surface area contributed by atoms with Gasteiger partial charge in [0.15, 0.2) is 0 Å². The molecule has 0 saturated heterocycles. The summed E-state index contributed by atoms with van der Waals surface area (Å²) >= 11 is 5.51. The maximum Gasteiger partial charge on any atom is 0.323 e. The van der Waals surface area contributed by atoms with Crippen LogP contribution in [0, 0.1) is 5.92 Å². The third kappa shape index (κ3) is 5.42. The van der Waals surface area contributed by atoms with Crippen molar-refractivity contribution in [2.45, 2.75) is 39.0 Å². The van der Waals surface area contributed by atoms with Crippen molar-refractivity contribution < 1.29 is 9.53 Å². The Bertz CT molecular complexity index is 134. The van der Waals surface area contributed by atoms with Crippen molar-refractivity contribution in [3.63, 3.8) is 0 Å². The van der Waals surface area contributed by atoms with Crippen LogP contribution in [0.1, 0.15) is 33.6 Å². The zero-order valence-corrected chi connectivity index (χ0v) is 8.73. The standard InChI is InChI=1S/C9H17ClO2/c1-4-5-7(2)6-12-9(11)8(3)10/h7-8H,4-6H2,1-3H3. The molecule has 0 spiro atoms. The summed E-state index contributed by atoms with van der Waals surface area (Å²) in [6, 6.07) is 0. The van der Waals surface area contributed by atoms with Crippen LogP contribution in [-0.2, 0) is 9.53 Å². The van der Waals surface area contributed by atoms with E-state index in [-0.39, 0.29) is 5.97 Å². The van der Waals surface area contributed by atoms with Crippen molar-refractivity contribution >= 4 is 17.6 Å². The Balaban J connectivity index is 3.47. The molecule has 0 aliphatic carbocycles. The predicted molar refractivity (Wildman–Crippen MR) is 50.3 cm³/mol. The number of carbonyl (C=O) groups excluding carboxylic acids is 1. The second-order valence-electron chi connectivity index (χ2n) is 3.14. The summed E-state index contributed by atoms with van der Waals surface area (Å²) in [6.07, 6.45) is 2.21. The molecule has 0 saturated carbocycles. The number of carbonyl (C=O) groups is 1. The van der Waals surface area contributed by atoms with Crippen molar-refractivity contribution in [1.29, 1.82) is 0 Å². The Kier molecular flexibility index (Phi) is 6.17. The molecule has 12 heavy (non-hydrogen) atoms. The summed E-state index contributed by atoms with van der Waals surface area (Å²) in [5.41, 5.74) is 0. The van der Waals surface area contributed by atoms with Crippen LogP contribution in [0.15, 0.2) is 0 Å². The first kappa shape index (κ1) is 11.8. The molecular weight excluding hydrogens is 176 g/mol. The van der Waals surface area contributed by atoms with Crippen molar-refractivity contribution in [3.05, 3.63) is 0 Å². The van der Waals surface area contributed by atoms with Gasteiger partial charge in [0.1, 0.15) is 5.38 Å². The van der Waals surface area contributed by atoms with E-state index in [0.717, 1.165) is 12.8 Å². The summed E-state index contributed by atoms with van der Waals surface area (Å²) in [4.78, 5) is 10.9. The highest BCUT2D eigenvalue weighted by Gasteiger charge is 2.11. The van der Waals surface area contributed by atoms with Gasteiger partial charge in [0.25, 0.3) is 0 Å². The van der Waals surface area contributed by atoms with Crippen LogP contribution in [0.25, 0.3) is 0 Å². The molecule has 0 aromatic rings. The van der Waals surface area contributed by atoms with Gasteiger partial charge in [-0.2, -0.15) is 0 Å². The first-order valence-electron chi connectivity index (χ1n) is 4.38. The van der Waals surface area contributed by atoms with E-state index in [1.54, 1.807) is 6.92 Å². The van der Waals surface area contributed by atoms with Crippen LogP contribution < -0.4 is 0 Å². The third-order valence-electron chi connectivity index (χ3n) is 1.62. The monoisotopic (exact) mass is 192 g/mol. The molecule has 72 valence electrons. The van der Waals surface area contributed by atoms with Gasteiger partial charge in [-0.25, -0.2) is 0 Å². The lowest BCUT2D eigenvalue weighted by molar-refractivity contribution is -0.144. The number of halogens is 1. The molecule has 0 bridgehead atoms. The Morgan fingerprint density at radius 3 is 2.50 bits per heavy atom. The number of esters is 1. The number of hydrogen-bond acceptors (Lipinski definition) is 2. The van der Waals surface area contributed by atoms with Crippen LogP contribution in [0.2, 0.25) is 0 Å². The number of hydrogen-bond donors (Lipinski definition) is 0. The van der Waals surface area contributed by atoms with Gasteiger partial charge in [-0.1, -0.05) is 20.3 Å². The minimum absolute atomic E-state index is 0.320. The molecule has 0 amide bonds. The van der Waals surface area contributed by atoms with Crippen molar-refractivity contribution in [2.24, 2.45) is 5.92 Å². The molecule has 2 atom stereocenters. The largest absolute Gasteiger partial charge is 0.464 e. The van der Waals surface area contributed by atoms with Gasteiger partial charge in [0, 0.05) is 0 Å². The highest BCUT2D eigenvalue weighted by Crippen LogP contribution is 2.06. The molecule has 0 N–H and O–H groups in total. The summed E-state index contributed by atoms with van der Waals surface area (Å²) in [5.74, 6) is 0.119. The molecular formula is C9H17ClO2. The minimum Gasteiger partial charge on any atom is -0.464 e. The number of ether oxygens (including phenoxy) is 1. The maximum atomic E-state index is 10.9. The van der Waals surface area contributed by atoms with E-state index in [2.05, 4.69) is 13.8 Å². The van der Waals surface area contributed by atoms with E-state index in [0.29, 0.717) is 12.5 Å². The molecule has 0 heterocycles. The molecule has 0 aliphatic rings. The molecule has 0 aliphatic heterocycles. The van der Waals surface area contributed by atoms with Crippen LogP contribution in [-0.4, -0.2) is 18.0 Å². The SMILES string of the molecule is CCCC(C)COC(=O)C(C)Cl. The molecule has 0 rings (SSSR count). The minimum atomic E-state index is -0.529.